The molecular formula is C7H6Cl2N2O. The molecule has 0 aliphatic heterocycles. The highest BCUT2D eigenvalue weighted by atomic mass is 35.5. The Bertz CT molecular complexity index is 314. The second-order valence-corrected chi connectivity index (χ2v) is 2.97. The van der Waals surface area contributed by atoms with Crippen molar-refractivity contribution in [1.29, 1.82) is 0 Å². The van der Waals surface area contributed by atoms with E-state index in [1.807, 2.05) is 0 Å². The van der Waals surface area contributed by atoms with Gasteiger partial charge in [0.15, 0.2) is 5.15 Å². The van der Waals surface area contributed by atoms with Gasteiger partial charge in [0.1, 0.15) is 0 Å². The maximum Gasteiger partial charge on any atom is 0.221 e. The maximum atomic E-state index is 10.6. The molecule has 0 saturated carbocycles. The number of nitrogens with zero attached hydrogens (tertiary/aromatic N) is 1. The number of rotatable bonds is 1. The van der Waals surface area contributed by atoms with Crippen LogP contribution in [0.25, 0.3) is 0 Å². The van der Waals surface area contributed by atoms with E-state index in [9.17, 15) is 4.79 Å². The summed E-state index contributed by atoms with van der Waals surface area (Å²) in [5.41, 5.74) is 0.427. The largest absolute Gasteiger partial charge is 0.324 e. The topological polar surface area (TPSA) is 42.0 Å². The smallest absolute Gasteiger partial charge is 0.221 e. The van der Waals surface area contributed by atoms with E-state index in [2.05, 4.69) is 10.3 Å². The highest BCUT2D eigenvalue weighted by Crippen LogP contribution is 2.22. The first-order valence-electron chi connectivity index (χ1n) is 3.18. The molecule has 0 bridgehead atoms. The third-order valence-corrected chi connectivity index (χ3v) is 1.62. The molecule has 0 aliphatic rings. The average Bonchev–Trinajstić information content (AvgIpc) is 1.96. The summed E-state index contributed by atoms with van der Waals surface area (Å²) < 4.78 is 0. The zero-order valence-electron chi connectivity index (χ0n) is 6.27. The molecule has 0 aromatic carbocycles. The Hall–Kier alpha value is -0.800. The van der Waals surface area contributed by atoms with E-state index in [0.717, 1.165) is 0 Å². The van der Waals surface area contributed by atoms with Gasteiger partial charge in [0.05, 0.1) is 10.7 Å². The van der Waals surface area contributed by atoms with Crippen LogP contribution in [0.15, 0.2) is 12.3 Å². The molecule has 1 aromatic heterocycles. The van der Waals surface area contributed by atoms with Crippen LogP contribution in [0.2, 0.25) is 10.2 Å². The lowest BCUT2D eigenvalue weighted by molar-refractivity contribution is -0.114. The van der Waals surface area contributed by atoms with Crippen molar-refractivity contribution in [3.63, 3.8) is 0 Å². The summed E-state index contributed by atoms with van der Waals surface area (Å²) in [4.78, 5) is 14.4. The molecule has 0 radical (unpaired) electrons. The van der Waals surface area contributed by atoms with Gasteiger partial charge in [-0.15, -0.1) is 0 Å². The van der Waals surface area contributed by atoms with E-state index in [4.69, 9.17) is 23.2 Å². The van der Waals surface area contributed by atoms with Gasteiger partial charge in [-0.3, -0.25) is 4.79 Å². The zero-order chi connectivity index (χ0) is 9.14. The predicted octanol–water partition coefficient (Wildman–Crippen LogP) is 2.35. The Kier molecular flexibility index (Phi) is 2.89. The van der Waals surface area contributed by atoms with Gasteiger partial charge >= 0.3 is 0 Å². The van der Waals surface area contributed by atoms with Crippen LogP contribution in [-0.4, -0.2) is 10.9 Å². The second kappa shape index (κ2) is 3.74. The minimum Gasteiger partial charge on any atom is -0.324 e. The number of halogens is 2. The lowest BCUT2D eigenvalue weighted by Gasteiger charge is -2.02. The van der Waals surface area contributed by atoms with E-state index in [1.165, 1.54) is 19.2 Å². The Morgan fingerprint density at radius 3 is 2.83 bits per heavy atom. The molecule has 0 saturated heterocycles. The normalized spacial score (nSPS) is 9.58. The molecule has 3 nitrogen and oxygen atoms in total. The van der Waals surface area contributed by atoms with E-state index in [1.54, 1.807) is 0 Å². The van der Waals surface area contributed by atoms with Crippen LogP contribution in [0, 0.1) is 0 Å². The van der Waals surface area contributed by atoms with Gasteiger partial charge in [-0.1, -0.05) is 23.2 Å². The van der Waals surface area contributed by atoms with Crippen LogP contribution in [0.4, 0.5) is 5.69 Å². The third-order valence-electron chi connectivity index (χ3n) is 1.12. The summed E-state index contributed by atoms with van der Waals surface area (Å²) in [5, 5.41) is 3.16. The summed E-state index contributed by atoms with van der Waals surface area (Å²) in [7, 11) is 0. The Labute approximate surface area is 79.7 Å². The monoisotopic (exact) mass is 204 g/mol. The molecule has 0 unspecified atom stereocenters. The van der Waals surface area contributed by atoms with Crippen LogP contribution < -0.4 is 5.32 Å². The number of amides is 1. The number of carbonyl (C=O) groups is 1. The van der Waals surface area contributed by atoms with Crippen LogP contribution in [-0.2, 0) is 4.79 Å². The summed E-state index contributed by atoms with van der Waals surface area (Å²) in [6.07, 6.45) is 1.41. The van der Waals surface area contributed by atoms with E-state index >= 15 is 0 Å². The second-order valence-electron chi connectivity index (χ2n) is 2.17. The van der Waals surface area contributed by atoms with Crippen molar-refractivity contribution in [2.45, 2.75) is 6.92 Å². The number of carbonyl (C=O) groups excluding carboxylic acids is 1. The van der Waals surface area contributed by atoms with Crippen molar-refractivity contribution >= 4 is 34.8 Å². The molecule has 12 heavy (non-hydrogen) atoms. The average molecular weight is 205 g/mol. The van der Waals surface area contributed by atoms with Crippen molar-refractivity contribution in [2.24, 2.45) is 0 Å². The molecule has 0 aliphatic carbocycles. The van der Waals surface area contributed by atoms with Crippen LogP contribution >= 0.6 is 23.2 Å². The van der Waals surface area contributed by atoms with E-state index in [-0.39, 0.29) is 11.1 Å². The Balaban J connectivity index is 2.97. The predicted molar refractivity (Wildman–Crippen MR) is 48.6 cm³/mol. The van der Waals surface area contributed by atoms with Crippen molar-refractivity contribution < 1.29 is 4.79 Å². The van der Waals surface area contributed by atoms with Crippen molar-refractivity contribution in [3.8, 4) is 0 Å². The van der Waals surface area contributed by atoms with Gasteiger partial charge in [-0.05, 0) is 6.07 Å². The lowest BCUT2D eigenvalue weighted by Crippen LogP contribution is -2.06. The molecule has 64 valence electrons. The van der Waals surface area contributed by atoms with Gasteiger partial charge in [0, 0.05) is 13.1 Å². The van der Waals surface area contributed by atoms with Gasteiger partial charge < -0.3 is 5.32 Å². The number of aromatic nitrogens is 1. The summed E-state index contributed by atoms with van der Waals surface area (Å²) in [6, 6.07) is 1.54. The zero-order valence-corrected chi connectivity index (χ0v) is 7.78. The molecule has 0 spiro atoms. The van der Waals surface area contributed by atoms with Crippen LogP contribution in [0.3, 0.4) is 0 Å². The standard InChI is InChI=1S/C7H6Cl2N2O/c1-4(12)11-6-2-5(8)3-10-7(6)9/h2-3H,1H3,(H,11,12). The molecule has 1 rings (SSSR count). The first-order chi connectivity index (χ1) is 5.59. The Morgan fingerprint density at radius 2 is 2.25 bits per heavy atom. The van der Waals surface area contributed by atoms with E-state index in [0.29, 0.717) is 10.7 Å². The van der Waals surface area contributed by atoms with Crippen molar-refractivity contribution in [1.82, 2.24) is 4.98 Å². The molecule has 1 aromatic rings. The van der Waals surface area contributed by atoms with E-state index < -0.39 is 0 Å². The fourth-order valence-corrected chi connectivity index (χ4v) is 1.01. The first-order valence-corrected chi connectivity index (χ1v) is 3.94. The molecule has 5 heteroatoms. The fourth-order valence-electron chi connectivity index (χ4n) is 0.700. The third kappa shape index (κ3) is 2.36. The molecule has 1 heterocycles. The molecule has 1 N–H and O–H groups in total. The number of hydrogen-bond acceptors (Lipinski definition) is 2. The van der Waals surface area contributed by atoms with Crippen molar-refractivity contribution in [2.75, 3.05) is 5.32 Å². The maximum absolute atomic E-state index is 10.6. The molecular weight excluding hydrogens is 199 g/mol. The summed E-state index contributed by atoms with van der Waals surface area (Å²) in [5.74, 6) is -0.207. The molecule has 1 amide bonds. The summed E-state index contributed by atoms with van der Waals surface area (Å²) >= 11 is 11.3. The summed E-state index contributed by atoms with van der Waals surface area (Å²) in [6.45, 7) is 1.39. The lowest BCUT2D eigenvalue weighted by atomic mass is 10.4. The van der Waals surface area contributed by atoms with Gasteiger partial charge in [0.2, 0.25) is 5.91 Å². The van der Waals surface area contributed by atoms with Gasteiger partial charge in [0.25, 0.3) is 0 Å². The van der Waals surface area contributed by atoms with Crippen LogP contribution in [0.1, 0.15) is 6.92 Å². The number of anilines is 1. The fraction of sp³-hybridized carbons (Fsp3) is 0.143. The van der Waals surface area contributed by atoms with Gasteiger partial charge in [-0.2, -0.15) is 0 Å². The Morgan fingerprint density at radius 1 is 1.58 bits per heavy atom. The highest BCUT2D eigenvalue weighted by molar-refractivity contribution is 6.34. The molecule has 0 atom stereocenters. The van der Waals surface area contributed by atoms with Crippen molar-refractivity contribution in [3.05, 3.63) is 22.4 Å². The minimum absolute atomic E-state index is 0.207. The van der Waals surface area contributed by atoms with Gasteiger partial charge in [-0.25, -0.2) is 4.98 Å². The number of nitrogens with one attached hydrogen (secondary N) is 1. The minimum atomic E-state index is -0.207. The SMILES string of the molecule is CC(=O)Nc1cc(Cl)cnc1Cl. The highest BCUT2D eigenvalue weighted by Gasteiger charge is 2.03. The first kappa shape index (κ1) is 9.29. The number of hydrogen-bond donors (Lipinski definition) is 1. The van der Waals surface area contributed by atoms with Crippen LogP contribution in [0.5, 0.6) is 0 Å². The molecule has 0 fully saturated rings. The quantitative estimate of drug-likeness (QED) is 0.715. The number of pyridine rings is 1.